The highest BCUT2D eigenvalue weighted by atomic mass is 16.4. The number of nitrogens with two attached hydrogens (primary N) is 1. The summed E-state index contributed by atoms with van der Waals surface area (Å²) in [6, 6.07) is 6.30. The number of nitrogens with one attached hydrogen (secondary N) is 1. The third kappa shape index (κ3) is 3.45. The normalized spacial score (nSPS) is 13.3. The van der Waals surface area contributed by atoms with Crippen molar-refractivity contribution in [2.45, 2.75) is 25.8 Å². The molecule has 2 aromatic rings. The molecule has 19 heavy (non-hydrogen) atoms. The lowest BCUT2D eigenvalue weighted by Crippen LogP contribution is -2.32. The third-order valence-corrected chi connectivity index (χ3v) is 3.57. The Morgan fingerprint density at radius 2 is 2.26 bits per heavy atom. The van der Waals surface area contributed by atoms with Crippen LogP contribution in [0, 0.1) is 0 Å². The third-order valence-electron chi connectivity index (χ3n) is 3.57. The number of likely N-dealkylation sites (N-methyl/N-ethyl adjacent to an activating group) is 1. The Hall–Kier alpha value is -1.59. The fourth-order valence-corrected chi connectivity index (χ4v) is 2.14. The Labute approximate surface area is 112 Å². The molecule has 0 amide bonds. The van der Waals surface area contributed by atoms with E-state index in [1.54, 1.807) is 0 Å². The average molecular weight is 263 g/mol. The summed E-state index contributed by atoms with van der Waals surface area (Å²) in [6.07, 6.45) is 1.94. The van der Waals surface area contributed by atoms with Crippen LogP contribution in [0.1, 0.15) is 18.9 Å². The van der Waals surface area contributed by atoms with Crippen LogP contribution in [-0.2, 0) is 6.42 Å². The van der Waals surface area contributed by atoms with Crippen molar-refractivity contribution in [2.24, 2.45) is 5.73 Å². The lowest BCUT2D eigenvalue weighted by Gasteiger charge is -2.24. The molecule has 0 fully saturated rings. The van der Waals surface area contributed by atoms with Crippen LogP contribution < -0.4 is 11.5 Å². The monoisotopic (exact) mass is 263 g/mol. The molecule has 3 N–H and O–H groups in total. The Bertz CT molecular complexity index is 588. The van der Waals surface area contributed by atoms with Gasteiger partial charge in [-0.1, -0.05) is 6.07 Å². The fourth-order valence-electron chi connectivity index (χ4n) is 2.14. The Kier molecular flexibility index (Phi) is 4.39. The first-order valence-corrected chi connectivity index (χ1v) is 6.62. The maximum absolute atomic E-state index is 11.1. The zero-order valence-electron chi connectivity index (χ0n) is 11.5. The smallest absolute Gasteiger partial charge is 0.408 e. The van der Waals surface area contributed by atoms with E-state index in [4.69, 9.17) is 10.2 Å². The number of aromatic amines is 1. The molecular formula is C14H21N3O2. The molecule has 1 heterocycles. The van der Waals surface area contributed by atoms with Gasteiger partial charge in [-0.15, -0.1) is 0 Å². The Morgan fingerprint density at radius 3 is 3.00 bits per heavy atom. The van der Waals surface area contributed by atoms with Crippen LogP contribution in [0.25, 0.3) is 11.1 Å². The van der Waals surface area contributed by atoms with E-state index in [2.05, 4.69) is 23.9 Å². The summed E-state index contributed by atoms with van der Waals surface area (Å²) in [5.74, 6) is -0.402. The van der Waals surface area contributed by atoms with Crippen molar-refractivity contribution in [1.29, 1.82) is 0 Å². The molecule has 0 aliphatic rings. The average Bonchev–Trinajstić information content (AvgIpc) is 2.75. The summed E-state index contributed by atoms with van der Waals surface area (Å²) in [4.78, 5) is 16.1. The van der Waals surface area contributed by atoms with E-state index in [-0.39, 0.29) is 0 Å². The molecule has 0 saturated carbocycles. The van der Waals surface area contributed by atoms with Crippen molar-refractivity contribution in [3.05, 3.63) is 34.3 Å². The highest BCUT2D eigenvalue weighted by Crippen LogP contribution is 2.13. The van der Waals surface area contributed by atoms with Gasteiger partial charge in [0.1, 0.15) is 0 Å². The maximum Gasteiger partial charge on any atom is 0.417 e. The minimum absolute atomic E-state index is 0.402. The van der Waals surface area contributed by atoms with Gasteiger partial charge in [0.15, 0.2) is 5.58 Å². The molecule has 1 aromatic heterocycles. The van der Waals surface area contributed by atoms with E-state index in [0.29, 0.717) is 18.2 Å². The van der Waals surface area contributed by atoms with Crippen LogP contribution in [0.4, 0.5) is 0 Å². The minimum Gasteiger partial charge on any atom is -0.408 e. The largest absolute Gasteiger partial charge is 0.417 e. The number of H-pyrrole nitrogens is 1. The number of oxazole rings is 1. The Morgan fingerprint density at radius 1 is 1.47 bits per heavy atom. The second kappa shape index (κ2) is 6.04. The quantitative estimate of drug-likeness (QED) is 0.824. The predicted molar refractivity (Wildman–Crippen MR) is 76.3 cm³/mol. The van der Waals surface area contributed by atoms with Crippen molar-refractivity contribution in [2.75, 3.05) is 20.1 Å². The van der Waals surface area contributed by atoms with Gasteiger partial charge in [0.2, 0.25) is 0 Å². The summed E-state index contributed by atoms with van der Waals surface area (Å²) in [5, 5.41) is 0. The van der Waals surface area contributed by atoms with Crippen LogP contribution in [-0.4, -0.2) is 36.1 Å². The maximum atomic E-state index is 11.1. The molecule has 5 nitrogen and oxygen atoms in total. The van der Waals surface area contributed by atoms with Crippen LogP contribution in [0.2, 0.25) is 0 Å². The zero-order valence-corrected chi connectivity index (χ0v) is 11.5. The van der Waals surface area contributed by atoms with E-state index in [1.807, 2.05) is 18.2 Å². The number of aromatic nitrogens is 1. The first kappa shape index (κ1) is 13.8. The van der Waals surface area contributed by atoms with Crippen LogP contribution in [0.3, 0.4) is 0 Å². The fraction of sp³-hybridized carbons (Fsp3) is 0.500. The first-order valence-electron chi connectivity index (χ1n) is 6.62. The molecule has 2 rings (SSSR count). The van der Waals surface area contributed by atoms with E-state index in [0.717, 1.165) is 24.9 Å². The van der Waals surface area contributed by atoms with Gasteiger partial charge < -0.3 is 15.1 Å². The molecule has 0 aliphatic carbocycles. The summed E-state index contributed by atoms with van der Waals surface area (Å²) in [7, 11) is 2.11. The summed E-state index contributed by atoms with van der Waals surface area (Å²) in [6.45, 7) is 3.87. The molecule has 1 atom stereocenters. The number of nitrogens with zero attached hydrogens (tertiary/aromatic N) is 1. The summed E-state index contributed by atoms with van der Waals surface area (Å²) >= 11 is 0. The van der Waals surface area contributed by atoms with Gasteiger partial charge in [0.05, 0.1) is 5.52 Å². The van der Waals surface area contributed by atoms with Gasteiger partial charge in [-0.05, 0) is 51.1 Å². The van der Waals surface area contributed by atoms with Gasteiger partial charge in [0.25, 0.3) is 0 Å². The number of benzene rings is 1. The molecule has 1 aromatic carbocycles. The van der Waals surface area contributed by atoms with Gasteiger partial charge in [0, 0.05) is 12.6 Å². The van der Waals surface area contributed by atoms with Gasteiger partial charge in [-0.3, -0.25) is 4.98 Å². The van der Waals surface area contributed by atoms with Crippen LogP contribution >= 0.6 is 0 Å². The van der Waals surface area contributed by atoms with E-state index < -0.39 is 5.76 Å². The van der Waals surface area contributed by atoms with Crippen molar-refractivity contribution < 1.29 is 4.42 Å². The molecule has 0 bridgehead atoms. The predicted octanol–water partition coefficient (Wildman–Crippen LogP) is 1.33. The molecule has 0 spiro atoms. The van der Waals surface area contributed by atoms with Crippen molar-refractivity contribution in [1.82, 2.24) is 9.88 Å². The lowest BCUT2D eigenvalue weighted by molar-refractivity contribution is 0.251. The van der Waals surface area contributed by atoms with E-state index in [9.17, 15) is 4.79 Å². The number of fused-ring (bicyclic) bond motifs is 1. The second-order valence-corrected chi connectivity index (χ2v) is 5.00. The van der Waals surface area contributed by atoms with Crippen molar-refractivity contribution in [3.63, 3.8) is 0 Å². The van der Waals surface area contributed by atoms with Crippen LogP contribution in [0.5, 0.6) is 0 Å². The standard InChI is InChI=1S/C14H21N3O2/c1-10(5-7-15)17(2)8-6-11-3-4-13-12(9-11)16-14(18)19-13/h3-4,9-10H,5-8,15H2,1-2H3,(H,16,18). The highest BCUT2D eigenvalue weighted by molar-refractivity contribution is 5.72. The molecular weight excluding hydrogens is 242 g/mol. The molecule has 104 valence electrons. The zero-order chi connectivity index (χ0) is 13.8. The van der Waals surface area contributed by atoms with Gasteiger partial charge >= 0.3 is 5.76 Å². The molecule has 0 aliphatic heterocycles. The summed E-state index contributed by atoms with van der Waals surface area (Å²) in [5.41, 5.74) is 8.13. The first-order chi connectivity index (χ1) is 9.10. The Balaban J connectivity index is 1.99. The summed E-state index contributed by atoms with van der Waals surface area (Å²) < 4.78 is 4.98. The van der Waals surface area contributed by atoms with E-state index in [1.165, 1.54) is 5.56 Å². The van der Waals surface area contributed by atoms with Crippen molar-refractivity contribution >= 4 is 11.1 Å². The van der Waals surface area contributed by atoms with Crippen LogP contribution in [0.15, 0.2) is 27.4 Å². The van der Waals surface area contributed by atoms with Crippen molar-refractivity contribution in [3.8, 4) is 0 Å². The molecule has 0 saturated heterocycles. The molecule has 0 radical (unpaired) electrons. The SMILES string of the molecule is CC(CCN)N(C)CCc1ccc2oc(=O)[nH]c2c1. The number of rotatable bonds is 6. The topological polar surface area (TPSA) is 75.3 Å². The highest BCUT2D eigenvalue weighted by Gasteiger charge is 2.08. The number of hydrogen-bond donors (Lipinski definition) is 2. The molecule has 1 unspecified atom stereocenters. The second-order valence-electron chi connectivity index (χ2n) is 5.00. The molecule has 5 heteroatoms. The van der Waals surface area contributed by atoms with Gasteiger partial charge in [-0.25, -0.2) is 4.79 Å². The van der Waals surface area contributed by atoms with E-state index >= 15 is 0 Å². The number of hydrogen-bond acceptors (Lipinski definition) is 4. The lowest BCUT2D eigenvalue weighted by atomic mass is 10.1. The van der Waals surface area contributed by atoms with Gasteiger partial charge in [-0.2, -0.15) is 0 Å². The minimum atomic E-state index is -0.402.